The zero-order valence-electron chi connectivity index (χ0n) is 10.1. The number of hydrogen-bond acceptors (Lipinski definition) is 3. The maximum Gasteiger partial charge on any atom is 0.164 e. The van der Waals surface area contributed by atoms with Crippen LogP contribution < -0.4 is 14.8 Å². The lowest BCUT2D eigenvalue weighted by Crippen LogP contribution is -2.30. The van der Waals surface area contributed by atoms with Gasteiger partial charge < -0.3 is 14.8 Å². The van der Waals surface area contributed by atoms with E-state index in [1.54, 1.807) is 0 Å². The molecule has 1 saturated heterocycles. The molecule has 1 fully saturated rings. The van der Waals surface area contributed by atoms with Gasteiger partial charge in [-0.25, -0.2) is 0 Å². The Morgan fingerprint density at radius 3 is 3.06 bits per heavy atom. The van der Waals surface area contributed by atoms with Gasteiger partial charge >= 0.3 is 0 Å². The maximum atomic E-state index is 5.94. The van der Waals surface area contributed by atoms with E-state index in [4.69, 9.17) is 9.47 Å². The number of rotatable bonds is 3. The average molecular weight is 233 g/mol. The van der Waals surface area contributed by atoms with Crippen molar-refractivity contribution in [2.75, 3.05) is 26.3 Å². The van der Waals surface area contributed by atoms with E-state index in [9.17, 15) is 0 Å². The van der Waals surface area contributed by atoms with Gasteiger partial charge in [0.05, 0.1) is 13.2 Å². The van der Waals surface area contributed by atoms with Crippen molar-refractivity contribution < 1.29 is 9.47 Å². The lowest BCUT2D eigenvalue weighted by Gasteiger charge is -2.23. The summed E-state index contributed by atoms with van der Waals surface area (Å²) < 4.78 is 11.6. The van der Waals surface area contributed by atoms with E-state index in [2.05, 4.69) is 17.4 Å². The second-order valence-electron chi connectivity index (χ2n) is 4.85. The minimum absolute atomic E-state index is 0.688. The first-order valence-corrected chi connectivity index (χ1v) is 6.52. The molecular weight excluding hydrogens is 214 g/mol. The molecule has 1 N–H and O–H groups in total. The van der Waals surface area contributed by atoms with Crippen molar-refractivity contribution >= 4 is 0 Å². The molecule has 1 aromatic rings. The molecule has 92 valence electrons. The van der Waals surface area contributed by atoms with Crippen LogP contribution in [0.5, 0.6) is 11.5 Å². The number of hydrogen-bond donors (Lipinski definition) is 1. The molecule has 0 saturated carbocycles. The first-order valence-electron chi connectivity index (χ1n) is 6.52. The highest BCUT2D eigenvalue weighted by atomic mass is 16.5. The van der Waals surface area contributed by atoms with Gasteiger partial charge in [-0.2, -0.15) is 0 Å². The molecule has 0 spiro atoms. The normalized spacial score (nSPS) is 19.8. The fourth-order valence-electron chi connectivity index (χ4n) is 2.55. The summed E-state index contributed by atoms with van der Waals surface area (Å²) in [5.74, 6) is 2.59. The summed E-state index contributed by atoms with van der Waals surface area (Å²) in [6, 6.07) is 6.20. The molecule has 0 atom stereocenters. The third-order valence-corrected chi connectivity index (χ3v) is 3.61. The van der Waals surface area contributed by atoms with Crippen molar-refractivity contribution in [3.8, 4) is 11.5 Å². The molecule has 0 unspecified atom stereocenters. The van der Waals surface area contributed by atoms with E-state index in [1.807, 2.05) is 6.07 Å². The second kappa shape index (κ2) is 4.96. The van der Waals surface area contributed by atoms with Gasteiger partial charge in [0.1, 0.15) is 0 Å². The van der Waals surface area contributed by atoms with Crippen molar-refractivity contribution in [2.45, 2.75) is 19.3 Å². The van der Waals surface area contributed by atoms with Crippen LogP contribution in [0.2, 0.25) is 0 Å². The van der Waals surface area contributed by atoms with Gasteiger partial charge in [-0.1, -0.05) is 12.1 Å². The Morgan fingerprint density at radius 2 is 2.18 bits per heavy atom. The van der Waals surface area contributed by atoms with Crippen LogP contribution in [-0.4, -0.2) is 26.3 Å². The molecule has 3 nitrogen and oxygen atoms in total. The SMILES string of the molecule is c1cc2c(c(OCC3CCNCC3)c1)OCC2. The van der Waals surface area contributed by atoms with Crippen LogP contribution in [0.25, 0.3) is 0 Å². The maximum absolute atomic E-state index is 5.94. The summed E-state index contributed by atoms with van der Waals surface area (Å²) in [5.41, 5.74) is 1.29. The van der Waals surface area contributed by atoms with Gasteiger partial charge in [-0.3, -0.25) is 0 Å². The summed E-state index contributed by atoms with van der Waals surface area (Å²) >= 11 is 0. The Labute approximate surface area is 102 Å². The fourth-order valence-corrected chi connectivity index (χ4v) is 2.55. The van der Waals surface area contributed by atoms with E-state index in [0.717, 1.165) is 44.2 Å². The first-order chi connectivity index (χ1) is 8.43. The number of piperidine rings is 1. The average Bonchev–Trinajstić information content (AvgIpc) is 2.86. The van der Waals surface area contributed by atoms with Gasteiger partial charge in [0.2, 0.25) is 0 Å². The third-order valence-electron chi connectivity index (χ3n) is 3.61. The highest BCUT2D eigenvalue weighted by Crippen LogP contribution is 2.35. The predicted octanol–water partition coefficient (Wildman–Crippen LogP) is 2.00. The molecule has 0 aliphatic carbocycles. The van der Waals surface area contributed by atoms with E-state index in [-0.39, 0.29) is 0 Å². The smallest absolute Gasteiger partial charge is 0.164 e. The van der Waals surface area contributed by atoms with Crippen LogP contribution in [0.1, 0.15) is 18.4 Å². The Bertz CT molecular complexity index is 386. The third kappa shape index (κ3) is 2.39. The van der Waals surface area contributed by atoms with Crippen LogP contribution >= 0.6 is 0 Å². The topological polar surface area (TPSA) is 30.5 Å². The lowest BCUT2D eigenvalue weighted by atomic mass is 9.99. The quantitative estimate of drug-likeness (QED) is 0.866. The summed E-state index contributed by atoms with van der Waals surface area (Å²) in [5, 5.41) is 3.37. The molecular formula is C14H19NO2. The standard InChI is InChI=1S/C14H19NO2/c1-2-12-6-9-16-14(12)13(3-1)17-10-11-4-7-15-8-5-11/h1-3,11,15H,4-10H2. The number of para-hydroxylation sites is 1. The minimum Gasteiger partial charge on any atom is -0.489 e. The second-order valence-corrected chi connectivity index (χ2v) is 4.85. The highest BCUT2D eigenvalue weighted by molar-refractivity contribution is 5.48. The number of benzene rings is 1. The van der Waals surface area contributed by atoms with E-state index < -0.39 is 0 Å². The molecule has 17 heavy (non-hydrogen) atoms. The van der Waals surface area contributed by atoms with Crippen LogP contribution in [0, 0.1) is 5.92 Å². The number of nitrogens with one attached hydrogen (secondary N) is 1. The molecule has 0 radical (unpaired) electrons. The van der Waals surface area contributed by atoms with E-state index >= 15 is 0 Å². The summed E-state index contributed by atoms with van der Waals surface area (Å²) in [6.07, 6.45) is 3.45. The van der Waals surface area contributed by atoms with Crippen molar-refractivity contribution in [2.24, 2.45) is 5.92 Å². The molecule has 0 aromatic heterocycles. The fraction of sp³-hybridized carbons (Fsp3) is 0.571. The summed E-state index contributed by atoms with van der Waals surface area (Å²) in [4.78, 5) is 0. The zero-order valence-corrected chi connectivity index (χ0v) is 10.1. The molecule has 2 aliphatic rings. The minimum atomic E-state index is 0.688. The Morgan fingerprint density at radius 1 is 1.29 bits per heavy atom. The lowest BCUT2D eigenvalue weighted by molar-refractivity contribution is 0.207. The molecule has 2 heterocycles. The van der Waals surface area contributed by atoms with Crippen molar-refractivity contribution in [1.82, 2.24) is 5.32 Å². The predicted molar refractivity (Wildman–Crippen MR) is 66.7 cm³/mol. The van der Waals surface area contributed by atoms with Gasteiger partial charge in [-0.15, -0.1) is 0 Å². The van der Waals surface area contributed by atoms with Crippen LogP contribution in [0.15, 0.2) is 18.2 Å². The zero-order chi connectivity index (χ0) is 11.5. The van der Waals surface area contributed by atoms with E-state index in [1.165, 1.54) is 18.4 Å². The summed E-state index contributed by atoms with van der Waals surface area (Å²) in [7, 11) is 0. The molecule has 3 rings (SSSR count). The molecule has 2 aliphatic heterocycles. The highest BCUT2D eigenvalue weighted by Gasteiger charge is 2.19. The largest absolute Gasteiger partial charge is 0.489 e. The van der Waals surface area contributed by atoms with Crippen LogP contribution in [-0.2, 0) is 6.42 Å². The molecule has 0 amide bonds. The summed E-state index contributed by atoms with van der Waals surface area (Å²) in [6.45, 7) is 3.86. The van der Waals surface area contributed by atoms with Gasteiger partial charge in [0.15, 0.2) is 11.5 Å². The van der Waals surface area contributed by atoms with Gasteiger partial charge in [-0.05, 0) is 37.9 Å². The Kier molecular flexibility index (Phi) is 3.18. The van der Waals surface area contributed by atoms with Crippen molar-refractivity contribution in [1.29, 1.82) is 0 Å². The first kappa shape index (κ1) is 10.9. The van der Waals surface area contributed by atoms with Crippen LogP contribution in [0.3, 0.4) is 0 Å². The van der Waals surface area contributed by atoms with E-state index in [0.29, 0.717) is 5.92 Å². The monoisotopic (exact) mass is 233 g/mol. The van der Waals surface area contributed by atoms with Gasteiger partial charge in [0, 0.05) is 12.0 Å². The van der Waals surface area contributed by atoms with Crippen molar-refractivity contribution in [3.63, 3.8) is 0 Å². The molecule has 1 aromatic carbocycles. The van der Waals surface area contributed by atoms with Crippen molar-refractivity contribution in [3.05, 3.63) is 23.8 Å². The van der Waals surface area contributed by atoms with Gasteiger partial charge in [0.25, 0.3) is 0 Å². The number of ether oxygens (including phenoxy) is 2. The Balaban J connectivity index is 1.63. The van der Waals surface area contributed by atoms with Crippen LogP contribution in [0.4, 0.5) is 0 Å². The molecule has 0 bridgehead atoms. The molecule has 3 heteroatoms. The number of fused-ring (bicyclic) bond motifs is 1. The Hall–Kier alpha value is -1.22.